The van der Waals surface area contributed by atoms with E-state index in [4.69, 9.17) is 4.74 Å². The molecule has 2 aromatic carbocycles. The molecule has 0 aromatic heterocycles. The average Bonchev–Trinajstić information content (AvgIpc) is 2.54. The summed E-state index contributed by atoms with van der Waals surface area (Å²) in [6.45, 7) is 3.48. The molecule has 0 unspecified atom stereocenters. The number of nitrogens with zero attached hydrogens (tertiary/aromatic N) is 1. The summed E-state index contributed by atoms with van der Waals surface area (Å²) in [5.41, 5.74) is 0.433. The van der Waals surface area contributed by atoms with Crippen LogP contribution in [0.5, 0.6) is 0 Å². The number of ether oxygens (including phenoxy) is 1. The average molecular weight is 297 g/mol. The minimum absolute atomic E-state index is 0.00750. The molecule has 0 bridgehead atoms. The van der Waals surface area contributed by atoms with Crippen LogP contribution in [0.4, 0.5) is 0 Å². The van der Waals surface area contributed by atoms with Crippen molar-refractivity contribution in [3.63, 3.8) is 0 Å². The van der Waals surface area contributed by atoms with Gasteiger partial charge in [0, 0.05) is 19.4 Å². The molecule has 4 nitrogen and oxygen atoms in total. The predicted octanol–water partition coefficient (Wildman–Crippen LogP) is 3.25. The summed E-state index contributed by atoms with van der Waals surface area (Å²) in [4.78, 5) is 11.9. The minimum atomic E-state index is -0.847. The van der Waals surface area contributed by atoms with Crippen molar-refractivity contribution in [2.45, 2.75) is 19.4 Å². The maximum Gasteiger partial charge on any atom is 0.338 e. The summed E-state index contributed by atoms with van der Waals surface area (Å²) in [5, 5.41) is 12.3. The molecule has 0 aliphatic carbocycles. The fraction of sp³-hybridized carbons (Fsp3) is 0.222. The molecule has 0 radical (unpaired) electrons. The van der Waals surface area contributed by atoms with Gasteiger partial charge in [0.05, 0.1) is 5.56 Å². The van der Waals surface area contributed by atoms with E-state index in [9.17, 15) is 10.0 Å². The van der Waals surface area contributed by atoms with Crippen molar-refractivity contribution in [2.24, 2.45) is 0 Å². The van der Waals surface area contributed by atoms with E-state index >= 15 is 0 Å². The molecule has 0 amide bonds. The van der Waals surface area contributed by atoms with E-state index in [1.165, 1.54) is 6.21 Å². The minimum Gasteiger partial charge on any atom is -0.623 e. The van der Waals surface area contributed by atoms with Crippen molar-refractivity contribution in [1.82, 2.24) is 0 Å². The molecule has 0 fully saturated rings. The zero-order chi connectivity index (χ0) is 16.0. The Labute approximate surface area is 130 Å². The van der Waals surface area contributed by atoms with Crippen molar-refractivity contribution in [3.05, 3.63) is 77.0 Å². The van der Waals surface area contributed by atoms with Gasteiger partial charge in [-0.2, -0.15) is 0 Å². The van der Waals surface area contributed by atoms with Gasteiger partial charge in [0.1, 0.15) is 0 Å². The molecule has 0 aliphatic heterocycles. The normalized spacial score (nSPS) is 12.0. The fourth-order valence-electron chi connectivity index (χ4n) is 1.81. The molecule has 22 heavy (non-hydrogen) atoms. The Hall–Kier alpha value is -2.62. The molecule has 2 aromatic rings. The van der Waals surface area contributed by atoms with Gasteiger partial charge in [-0.1, -0.05) is 36.4 Å². The highest BCUT2D eigenvalue weighted by Gasteiger charge is 2.28. The Kier molecular flexibility index (Phi) is 4.94. The molecule has 0 aliphatic rings. The lowest BCUT2D eigenvalue weighted by molar-refractivity contribution is -0.539. The Bertz CT molecular complexity index is 649. The van der Waals surface area contributed by atoms with Crippen LogP contribution in [0.2, 0.25) is 0 Å². The van der Waals surface area contributed by atoms with Crippen molar-refractivity contribution in [1.29, 1.82) is 0 Å². The highest BCUT2D eigenvalue weighted by molar-refractivity contribution is 5.89. The molecule has 0 heterocycles. The van der Waals surface area contributed by atoms with Crippen LogP contribution in [0.3, 0.4) is 0 Å². The van der Waals surface area contributed by atoms with Gasteiger partial charge in [-0.25, -0.2) is 9.53 Å². The largest absolute Gasteiger partial charge is 0.623 e. The van der Waals surface area contributed by atoms with Gasteiger partial charge in [-0.3, -0.25) is 0 Å². The highest BCUT2D eigenvalue weighted by atomic mass is 16.5. The lowest BCUT2D eigenvalue weighted by atomic mass is 10.1. The third kappa shape index (κ3) is 4.19. The molecule has 0 saturated heterocycles. The predicted molar refractivity (Wildman–Crippen MR) is 86.0 cm³/mol. The molecular weight excluding hydrogens is 278 g/mol. The number of hydroxylamine groups is 1. The molecule has 2 rings (SSSR count). The Morgan fingerprint density at radius 1 is 1.09 bits per heavy atom. The van der Waals surface area contributed by atoms with Gasteiger partial charge in [0.25, 0.3) is 0 Å². The van der Waals surface area contributed by atoms with E-state index in [-0.39, 0.29) is 6.61 Å². The van der Waals surface area contributed by atoms with Gasteiger partial charge in [0.15, 0.2) is 12.8 Å². The second-order valence-electron chi connectivity index (χ2n) is 5.62. The molecule has 0 N–H and O–H groups in total. The second kappa shape index (κ2) is 6.89. The smallest absolute Gasteiger partial charge is 0.338 e. The van der Waals surface area contributed by atoms with Crippen LogP contribution < -0.4 is 0 Å². The monoisotopic (exact) mass is 297 g/mol. The number of carbonyl (C=O) groups is 1. The van der Waals surface area contributed by atoms with E-state index < -0.39 is 11.5 Å². The van der Waals surface area contributed by atoms with Crippen LogP contribution in [-0.2, 0) is 4.74 Å². The molecule has 0 spiro atoms. The standard InChI is InChI=1S/C18H19NO3/c1-18(2,19(21)13-15-9-5-3-6-10-15)14-22-17(20)16-11-7-4-8-12-16/h3-13H,14H2,1-2H3/b19-13-. The van der Waals surface area contributed by atoms with E-state index in [0.717, 1.165) is 10.3 Å². The lowest BCUT2D eigenvalue weighted by Crippen LogP contribution is -2.39. The van der Waals surface area contributed by atoms with Gasteiger partial charge in [0.2, 0.25) is 5.54 Å². The Morgan fingerprint density at radius 3 is 2.23 bits per heavy atom. The van der Waals surface area contributed by atoms with Gasteiger partial charge in [-0.15, -0.1) is 0 Å². The number of carbonyl (C=O) groups excluding carboxylic acids is 1. The molecular formula is C18H19NO3. The Morgan fingerprint density at radius 2 is 1.64 bits per heavy atom. The second-order valence-corrected chi connectivity index (χ2v) is 5.62. The molecule has 0 saturated carbocycles. The van der Waals surface area contributed by atoms with Crippen LogP contribution in [0.15, 0.2) is 60.7 Å². The van der Waals surface area contributed by atoms with Gasteiger partial charge < -0.3 is 9.94 Å². The molecule has 0 atom stereocenters. The Balaban J connectivity index is 2.01. The third-order valence-corrected chi connectivity index (χ3v) is 3.23. The lowest BCUT2D eigenvalue weighted by Gasteiger charge is -2.23. The first kappa shape index (κ1) is 15.8. The van der Waals surface area contributed by atoms with Crippen LogP contribution in [0, 0.1) is 5.21 Å². The number of hydrogen-bond donors (Lipinski definition) is 0. The quantitative estimate of drug-likeness (QED) is 0.280. The van der Waals surface area contributed by atoms with Crippen molar-refractivity contribution >= 4 is 12.2 Å². The van der Waals surface area contributed by atoms with Crippen LogP contribution in [-0.4, -0.2) is 29.1 Å². The zero-order valence-electron chi connectivity index (χ0n) is 12.7. The summed E-state index contributed by atoms with van der Waals surface area (Å²) >= 11 is 0. The van der Waals surface area contributed by atoms with Crippen LogP contribution in [0.1, 0.15) is 29.8 Å². The first-order valence-corrected chi connectivity index (χ1v) is 7.07. The molecule has 114 valence electrons. The number of benzene rings is 2. The number of hydrogen-bond acceptors (Lipinski definition) is 3. The topological polar surface area (TPSA) is 52.4 Å². The SMILES string of the molecule is CC(C)(COC(=O)c1ccccc1)/[N+]([O-])=C/c1ccccc1. The van der Waals surface area contributed by atoms with Crippen LogP contribution in [0.25, 0.3) is 0 Å². The van der Waals surface area contributed by atoms with Gasteiger partial charge in [-0.05, 0) is 24.3 Å². The van der Waals surface area contributed by atoms with E-state index in [1.807, 2.05) is 36.4 Å². The first-order chi connectivity index (χ1) is 10.5. The zero-order valence-corrected chi connectivity index (χ0v) is 12.7. The first-order valence-electron chi connectivity index (χ1n) is 7.07. The van der Waals surface area contributed by atoms with E-state index in [2.05, 4.69) is 0 Å². The summed E-state index contributed by atoms with van der Waals surface area (Å²) < 4.78 is 6.07. The van der Waals surface area contributed by atoms with E-state index in [1.54, 1.807) is 38.1 Å². The summed E-state index contributed by atoms with van der Waals surface area (Å²) in [5.74, 6) is -0.429. The van der Waals surface area contributed by atoms with Crippen molar-refractivity contribution in [3.8, 4) is 0 Å². The maximum absolute atomic E-state index is 12.3. The van der Waals surface area contributed by atoms with E-state index in [0.29, 0.717) is 5.56 Å². The molecule has 4 heteroatoms. The number of esters is 1. The summed E-state index contributed by atoms with van der Waals surface area (Å²) in [6, 6.07) is 18.0. The fourth-order valence-corrected chi connectivity index (χ4v) is 1.81. The van der Waals surface area contributed by atoms with Crippen molar-refractivity contribution in [2.75, 3.05) is 6.61 Å². The maximum atomic E-state index is 12.3. The third-order valence-electron chi connectivity index (χ3n) is 3.23. The highest BCUT2D eigenvalue weighted by Crippen LogP contribution is 2.11. The summed E-state index contributed by atoms with van der Waals surface area (Å²) in [6.07, 6.45) is 1.50. The number of rotatable bonds is 5. The van der Waals surface area contributed by atoms with Crippen molar-refractivity contribution < 1.29 is 14.3 Å². The van der Waals surface area contributed by atoms with Gasteiger partial charge >= 0.3 is 5.97 Å². The summed E-state index contributed by atoms with van der Waals surface area (Å²) in [7, 11) is 0. The van der Waals surface area contributed by atoms with Crippen LogP contribution >= 0.6 is 0 Å².